The SMILES string of the molecule is CC(=O)Nc1nnc(S(=O)(=O)Nc2cc(F)ccc2F)s1. The monoisotopic (exact) mass is 334 g/mol. The quantitative estimate of drug-likeness (QED) is 0.827. The standard InChI is InChI=1S/C10H8F2N4O3S2/c1-5(17)13-9-14-15-10(20-9)21(18,19)16-8-4-6(11)2-3-7(8)12/h2-4,16H,1H3,(H,13,14,17). The molecule has 0 saturated carbocycles. The first-order valence-corrected chi connectivity index (χ1v) is 7.67. The number of halogens is 2. The second-order valence-electron chi connectivity index (χ2n) is 3.78. The van der Waals surface area contributed by atoms with Crippen LogP contribution in [-0.2, 0) is 14.8 Å². The summed E-state index contributed by atoms with van der Waals surface area (Å²) in [4.78, 5) is 10.8. The highest BCUT2D eigenvalue weighted by Crippen LogP contribution is 2.24. The van der Waals surface area contributed by atoms with Crippen molar-refractivity contribution in [3.8, 4) is 0 Å². The van der Waals surface area contributed by atoms with Crippen LogP contribution < -0.4 is 10.0 Å². The lowest BCUT2D eigenvalue weighted by atomic mass is 10.3. The molecule has 1 amide bonds. The van der Waals surface area contributed by atoms with Gasteiger partial charge in [-0.2, -0.15) is 8.42 Å². The van der Waals surface area contributed by atoms with Gasteiger partial charge in [-0.3, -0.25) is 9.52 Å². The zero-order chi connectivity index (χ0) is 15.6. The number of rotatable bonds is 4. The van der Waals surface area contributed by atoms with Crippen molar-refractivity contribution in [1.82, 2.24) is 10.2 Å². The normalized spacial score (nSPS) is 11.2. The molecule has 2 N–H and O–H groups in total. The van der Waals surface area contributed by atoms with E-state index in [0.717, 1.165) is 12.1 Å². The lowest BCUT2D eigenvalue weighted by Crippen LogP contribution is -2.14. The van der Waals surface area contributed by atoms with E-state index in [2.05, 4.69) is 15.5 Å². The summed E-state index contributed by atoms with van der Waals surface area (Å²) >= 11 is 0.577. The van der Waals surface area contributed by atoms with E-state index < -0.39 is 37.6 Å². The van der Waals surface area contributed by atoms with Gasteiger partial charge in [-0.15, -0.1) is 10.2 Å². The molecule has 21 heavy (non-hydrogen) atoms. The van der Waals surface area contributed by atoms with Crippen molar-refractivity contribution in [1.29, 1.82) is 0 Å². The van der Waals surface area contributed by atoms with Crippen LogP contribution in [0, 0.1) is 11.6 Å². The van der Waals surface area contributed by atoms with E-state index >= 15 is 0 Å². The van der Waals surface area contributed by atoms with E-state index in [9.17, 15) is 22.0 Å². The number of amides is 1. The van der Waals surface area contributed by atoms with Gasteiger partial charge in [-0.05, 0) is 12.1 Å². The topological polar surface area (TPSA) is 101 Å². The van der Waals surface area contributed by atoms with E-state index in [4.69, 9.17) is 0 Å². The number of anilines is 2. The van der Waals surface area contributed by atoms with Crippen LogP contribution in [0.25, 0.3) is 0 Å². The molecule has 1 aromatic carbocycles. The molecule has 7 nitrogen and oxygen atoms in total. The number of benzene rings is 1. The summed E-state index contributed by atoms with van der Waals surface area (Å²) in [7, 11) is -4.23. The van der Waals surface area contributed by atoms with Crippen molar-refractivity contribution in [2.75, 3.05) is 10.0 Å². The molecule has 1 heterocycles. The number of sulfonamides is 1. The highest BCUT2D eigenvalue weighted by molar-refractivity contribution is 7.94. The molecule has 0 spiro atoms. The van der Waals surface area contributed by atoms with Gasteiger partial charge in [0.2, 0.25) is 11.0 Å². The van der Waals surface area contributed by atoms with Gasteiger partial charge in [0.25, 0.3) is 14.4 Å². The largest absolute Gasteiger partial charge is 0.301 e. The zero-order valence-electron chi connectivity index (χ0n) is 10.4. The lowest BCUT2D eigenvalue weighted by Gasteiger charge is -2.05. The van der Waals surface area contributed by atoms with E-state index in [1.54, 1.807) is 0 Å². The summed E-state index contributed by atoms with van der Waals surface area (Å²) in [5, 5.41) is 9.07. The molecule has 2 aromatic rings. The average Bonchev–Trinajstić information content (AvgIpc) is 2.82. The minimum absolute atomic E-state index is 0.0254. The molecule has 0 fully saturated rings. The second-order valence-corrected chi connectivity index (χ2v) is 6.62. The third kappa shape index (κ3) is 3.70. The maximum absolute atomic E-state index is 13.4. The van der Waals surface area contributed by atoms with Crippen molar-refractivity contribution in [2.24, 2.45) is 0 Å². The predicted molar refractivity (Wildman–Crippen MR) is 71.4 cm³/mol. The molecule has 0 saturated heterocycles. The van der Waals surface area contributed by atoms with Crippen molar-refractivity contribution in [3.63, 3.8) is 0 Å². The summed E-state index contributed by atoms with van der Waals surface area (Å²) in [6.45, 7) is 1.22. The van der Waals surface area contributed by atoms with Gasteiger partial charge in [0.1, 0.15) is 11.6 Å². The highest BCUT2D eigenvalue weighted by atomic mass is 32.2. The van der Waals surface area contributed by atoms with Crippen LogP contribution >= 0.6 is 11.3 Å². The van der Waals surface area contributed by atoms with Crippen LogP contribution in [0.3, 0.4) is 0 Å². The number of hydrogen-bond donors (Lipinski definition) is 2. The highest BCUT2D eigenvalue weighted by Gasteiger charge is 2.22. The van der Waals surface area contributed by atoms with Crippen molar-refractivity contribution in [3.05, 3.63) is 29.8 Å². The smallest absolute Gasteiger partial charge is 0.291 e. The van der Waals surface area contributed by atoms with Gasteiger partial charge in [0.15, 0.2) is 0 Å². The van der Waals surface area contributed by atoms with E-state index in [1.165, 1.54) is 6.92 Å². The Morgan fingerprint density at radius 3 is 2.67 bits per heavy atom. The lowest BCUT2D eigenvalue weighted by molar-refractivity contribution is -0.114. The molecule has 2 rings (SSSR count). The molecule has 0 radical (unpaired) electrons. The molecule has 0 aliphatic carbocycles. The van der Waals surface area contributed by atoms with Gasteiger partial charge < -0.3 is 5.32 Å². The molecule has 0 aliphatic rings. The first kappa shape index (κ1) is 15.3. The first-order chi connectivity index (χ1) is 9.78. The van der Waals surface area contributed by atoms with Crippen LogP contribution in [0.2, 0.25) is 0 Å². The third-order valence-corrected chi connectivity index (χ3v) is 4.66. The van der Waals surface area contributed by atoms with Gasteiger partial charge in [0, 0.05) is 13.0 Å². The summed E-state index contributed by atoms with van der Waals surface area (Å²) in [6, 6.07) is 2.34. The Bertz CT molecular complexity index is 791. The molecular weight excluding hydrogens is 326 g/mol. The fraction of sp³-hybridized carbons (Fsp3) is 0.100. The Balaban J connectivity index is 2.28. The second kappa shape index (κ2) is 5.69. The van der Waals surface area contributed by atoms with Crippen LogP contribution in [-0.4, -0.2) is 24.5 Å². The summed E-state index contributed by atoms with van der Waals surface area (Å²) < 4.78 is 51.7. The first-order valence-electron chi connectivity index (χ1n) is 5.37. The number of carbonyl (C=O) groups excluding carboxylic acids is 1. The zero-order valence-corrected chi connectivity index (χ0v) is 12.1. The molecule has 11 heteroatoms. The predicted octanol–water partition coefficient (Wildman–Crippen LogP) is 1.58. The van der Waals surface area contributed by atoms with Crippen LogP contribution in [0.4, 0.5) is 19.6 Å². The Labute approximate surface area is 122 Å². The Kier molecular flexibility index (Phi) is 4.14. The molecule has 112 valence electrons. The number of nitrogens with zero attached hydrogens (tertiary/aromatic N) is 2. The van der Waals surface area contributed by atoms with Crippen molar-refractivity contribution < 1.29 is 22.0 Å². The van der Waals surface area contributed by atoms with Crippen LogP contribution in [0.1, 0.15) is 6.92 Å². The summed E-state index contributed by atoms with van der Waals surface area (Å²) in [5.41, 5.74) is -0.550. The fourth-order valence-corrected chi connectivity index (χ4v) is 3.29. The molecule has 0 unspecified atom stereocenters. The minimum Gasteiger partial charge on any atom is -0.301 e. The number of aromatic nitrogens is 2. The molecule has 0 bridgehead atoms. The third-order valence-electron chi connectivity index (χ3n) is 2.09. The minimum atomic E-state index is -4.23. The average molecular weight is 334 g/mol. The number of nitrogens with one attached hydrogen (secondary N) is 2. The van der Waals surface area contributed by atoms with Crippen LogP contribution in [0.5, 0.6) is 0 Å². The van der Waals surface area contributed by atoms with E-state index in [-0.39, 0.29) is 5.13 Å². The number of carbonyl (C=O) groups is 1. The van der Waals surface area contributed by atoms with E-state index in [1.807, 2.05) is 4.72 Å². The Morgan fingerprint density at radius 1 is 1.29 bits per heavy atom. The van der Waals surface area contributed by atoms with Gasteiger partial charge in [-0.25, -0.2) is 8.78 Å². The van der Waals surface area contributed by atoms with Crippen molar-refractivity contribution >= 4 is 38.1 Å². The Hall–Kier alpha value is -2.14. The fourth-order valence-electron chi connectivity index (χ4n) is 1.28. The number of hydrogen-bond acceptors (Lipinski definition) is 6. The molecular formula is C10H8F2N4O3S2. The summed E-state index contributed by atoms with van der Waals surface area (Å²) in [6.07, 6.45) is 0. The molecule has 0 atom stereocenters. The van der Waals surface area contributed by atoms with E-state index in [0.29, 0.717) is 17.4 Å². The van der Waals surface area contributed by atoms with Gasteiger partial charge in [0.05, 0.1) is 5.69 Å². The molecule has 0 aliphatic heterocycles. The molecule has 1 aromatic heterocycles. The Morgan fingerprint density at radius 2 is 2.00 bits per heavy atom. The van der Waals surface area contributed by atoms with Crippen LogP contribution in [0.15, 0.2) is 22.5 Å². The maximum Gasteiger partial charge on any atom is 0.291 e. The van der Waals surface area contributed by atoms with Gasteiger partial charge in [-0.1, -0.05) is 11.3 Å². The van der Waals surface area contributed by atoms with Crippen molar-refractivity contribution in [2.45, 2.75) is 11.3 Å². The van der Waals surface area contributed by atoms with Gasteiger partial charge >= 0.3 is 0 Å². The maximum atomic E-state index is 13.4. The summed E-state index contributed by atoms with van der Waals surface area (Å²) in [5.74, 6) is -2.18.